The van der Waals surface area contributed by atoms with E-state index in [4.69, 9.17) is 11.6 Å². The largest absolute Gasteiger partial charge is 0.0882 e. The third kappa shape index (κ3) is 0.416. The molecule has 0 aromatic carbocycles. The van der Waals surface area contributed by atoms with Crippen LogP contribution in [0.3, 0.4) is 0 Å². The summed E-state index contributed by atoms with van der Waals surface area (Å²) in [6, 6.07) is 0. The van der Waals surface area contributed by atoms with E-state index in [-0.39, 0.29) is 0 Å². The predicted octanol–water partition coefficient (Wildman–Crippen LogP) is 2.12. The van der Waals surface area contributed by atoms with Crippen molar-refractivity contribution in [3.05, 3.63) is 23.3 Å². The molecule has 0 aromatic heterocycles. The number of hydrogen-bond acceptors (Lipinski definition) is 0. The van der Waals surface area contributed by atoms with Gasteiger partial charge >= 0.3 is 0 Å². The summed E-state index contributed by atoms with van der Waals surface area (Å²) in [5.41, 5.74) is 0. The van der Waals surface area contributed by atoms with E-state index in [9.17, 15) is 0 Å². The number of fused-ring (bicyclic) bond motifs is 1. The van der Waals surface area contributed by atoms with Gasteiger partial charge in [0.1, 0.15) is 0 Å². The fraction of sp³-hybridized carbons (Fsp3) is 0.429. The standard InChI is InChI=1S/C7H6Cl/c8-7-4-5-2-1-3-6(5)7/h1,3,5-6H,2H2. The zero-order chi connectivity index (χ0) is 5.56. The van der Waals surface area contributed by atoms with Crippen molar-refractivity contribution in [2.45, 2.75) is 6.42 Å². The molecule has 1 radical (unpaired) electrons. The Morgan fingerprint density at radius 3 is 3.12 bits per heavy atom. The molecule has 0 heterocycles. The molecule has 0 saturated carbocycles. The highest BCUT2D eigenvalue weighted by atomic mass is 35.5. The molecule has 41 valence electrons. The fourth-order valence-corrected chi connectivity index (χ4v) is 1.60. The quantitative estimate of drug-likeness (QED) is 0.435. The van der Waals surface area contributed by atoms with Crippen LogP contribution in [0, 0.1) is 17.9 Å². The average Bonchev–Trinajstić information content (AvgIpc) is 2.09. The third-order valence-electron chi connectivity index (χ3n) is 1.78. The Labute approximate surface area is 53.8 Å². The summed E-state index contributed by atoms with van der Waals surface area (Å²) in [5.74, 6) is 1.19. The van der Waals surface area contributed by atoms with Gasteiger partial charge in [0.2, 0.25) is 0 Å². The topological polar surface area (TPSA) is 0 Å². The van der Waals surface area contributed by atoms with Crippen LogP contribution in [-0.4, -0.2) is 0 Å². The third-order valence-corrected chi connectivity index (χ3v) is 2.14. The highest BCUT2D eigenvalue weighted by molar-refractivity contribution is 6.30. The minimum absolute atomic E-state index is 0.552. The molecule has 0 saturated heterocycles. The SMILES string of the molecule is ClC1=[C]C2CC=CC12. The maximum Gasteiger partial charge on any atom is 0.0294 e. The van der Waals surface area contributed by atoms with E-state index in [1.807, 2.05) is 0 Å². The highest BCUT2D eigenvalue weighted by Crippen LogP contribution is 2.42. The summed E-state index contributed by atoms with van der Waals surface area (Å²) in [6.45, 7) is 0. The lowest BCUT2D eigenvalue weighted by atomic mass is 9.85. The van der Waals surface area contributed by atoms with Crippen LogP contribution in [0.5, 0.6) is 0 Å². The van der Waals surface area contributed by atoms with Gasteiger partial charge in [-0.15, -0.1) is 0 Å². The minimum Gasteiger partial charge on any atom is -0.0882 e. The molecule has 1 heteroatoms. The first kappa shape index (κ1) is 4.63. The van der Waals surface area contributed by atoms with Crippen molar-refractivity contribution in [1.29, 1.82) is 0 Å². The number of halogens is 1. The Balaban J connectivity index is 2.27. The first-order valence-electron chi connectivity index (χ1n) is 2.83. The molecular formula is C7H6Cl. The van der Waals surface area contributed by atoms with Crippen LogP contribution in [0.2, 0.25) is 0 Å². The predicted molar refractivity (Wildman–Crippen MR) is 33.3 cm³/mol. The van der Waals surface area contributed by atoms with Gasteiger partial charge in [-0.05, 0) is 12.5 Å². The molecule has 0 bridgehead atoms. The molecule has 2 unspecified atom stereocenters. The molecule has 0 amide bonds. The van der Waals surface area contributed by atoms with Crippen molar-refractivity contribution in [3.8, 4) is 0 Å². The highest BCUT2D eigenvalue weighted by Gasteiger charge is 2.31. The second kappa shape index (κ2) is 1.38. The molecule has 2 rings (SSSR count). The van der Waals surface area contributed by atoms with Gasteiger partial charge in [0.15, 0.2) is 0 Å². The Kier molecular flexibility index (Phi) is 0.800. The van der Waals surface area contributed by atoms with Crippen molar-refractivity contribution >= 4 is 11.6 Å². The van der Waals surface area contributed by atoms with Crippen LogP contribution in [0.4, 0.5) is 0 Å². The van der Waals surface area contributed by atoms with Crippen molar-refractivity contribution < 1.29 is 0 Å². The molecule has 0 fully saturated rings. The first-order valence-corrected chi connectivity index (χ1v) is 3.21. The van der Waals surface area contributed by atoms with E-state index in [1.54, 1.807) is 0 Å². The lowest BCUT2D eigenvalue weighted by molar-refractivity contribution is 0.510. The molecule has 0 aliphatic heterocycles. The van der Waals surface area contributed by atoms with E-state index in [0.717, 1.165) is 11.5 Å². The van der Waals surface area contributed by atoms with Gasteiger partial charge in [-0.25, -0.2) is 0 Å². The smallest absolute Gasteiger partial charge is 0.0294 e. The van der Waals surface area contributed by atoms with Gasteiger partial charge in [-0.2, -0.15) is 0 Å². The van der Waals surface area contributed by atoms with E-state index >= 15 is 0 Å². The van der Waals surface area contributed by atoms with Crippen LogP contribution < -0.4 is 0 Å². The minimum atomic E-state index is 0.552. The van der Waals surface area contributed by atoms with Crippen LogP contribution in [0.1, 0.15) is 6.42 Å². The summed E-state index contributed by atoms with van der Waals surface area (Å²) < 4.78 is 0. The zero-order valence-corrected chi connectivity index (χ0v) is 5.15. The van der Waals surface area contributed by atoms with Crippen LogP contribution in [-0.2, 0) is 0 Å². The summed E-state index contributed by atoms with van der Waals surface area (Å²) >= 11 is 5.70. The van der Waals surface area contributed by atoms with Gasteiger partial charge in [-0.1, -0.05) is 23.8 Å². The molecule has 2 atom stereocenters. The summed E-state index contributed by atoms with van der Waals surface area (Å²) in [6.07, 6.45) is 8.63. The molecule has 0 N–H and O–H groups in total. The van der Waals surface area contributed by atoms with Gasteiger partial charge in [-0.3, -0.25) is 0 Å². The Morgan fingerprint density at radius 1 is 1.75 bits per heavy atom. The van der Waals surface area contributed by atoms with Crippen molar-refractivity contribution in [3.63, 3.8) is 0 Å². The van der Waals surface area contributed by atoms with Crippen molar-refractivity contribution in [2.75, 3.05) is 0 Å². The summed E-state index contributed by atoms with van der Waals surface area (Å²) in [5, 5.41) is 0.920. The number of hydrogen-bond donors (Lipinski definition) is 0. The Hall–Kier alpha value is -0.230. The molecule has 0 spiro atoms. The molecule has 0 nitrogen and oxygen atoms in total. The van der Waals surface area contributed by atoms with Crippen LogP contribution in [0.15, 0.2) is 17.2 Å². The normalized spacial score (nSPS) is 40.9. The summed E-state index contributed by atoms with van der Waals surface area (Å²) in [7, 11) is 0. The second-order valence-corrected chi connectivity index (χ2v) is 2.70. The fourth-order valence-electron chi connectivity index (χ4n) is 1.24. The van der Waals surface area contributed by atoms with Gasteiger partial charge in [0, 0.05) is 16.9 Å². The van der Waals surface area contributed by atoms with E-state index in [1.165, 1.54) is 0 Å². The van der Waals surface area contributed by atoms with Gasteiger partial charge in [0.05, 0.1) is 0 Å². The molecular weight excluding hydrogens is 120 g/mol. The van der Waals surface area contributed by atoms with E-state index < -0.39 is 0 Å². The average molecular weight is 126 g/mol. The van der Waals surface area contributed by atoms with Crippen molar-refractivity contribution in [1.82, 2.24) is 0 Å². The molecule has 2 aliphatic rings. The first-order chi connectivity index (χ1) is 3.88. The van der Waals surface area contributed by atoms with Crippen LogP contribution >= 0.6 is 11.6 Å². The second-order valence-electron chi connectivity index (χ2n) is 2.29. The summed E-state index contributed by atoms with van der Waals surface area (Å²) in [4.78, 5) is 0. The number of allylic oxidation sites excluding steroid dienone is 4. The zero-order valence-electron chi connectivity index (χ0n) is 4.39. The maximum atomic E-state index is 5.70. The maximum absolute atomic E-state index is 5.70. The van der Waals surface area contributed by atoms with Gasteiger partial charge in [0.25, 0.3) is 0 Å². The van der Waals surface area contributed by atoms with E-state index in [2.05, 4.69) is 18.2 Å². The van der Waals surface area contributed by atoms with Gasteiger partial charge < -0.3 is 0 Å². The Bertz CT molecular complexity index is 167. The lowest BCUT2D eigenvalue weighted by Gasteiger charge is -2.23. The molecule has 2 aliphatic carbocycles. The van der Waals surface area contributed by atoms with Crippen LogP contribution in [0.25, 0.3) is 0 Å². The monoisotopic (exact) mass is 125 g/mol. The molecule has 0 aromatic rings. The van der Waals surface area contributed by atoms with Crippen molar-refractivity contribution in [2.24, 2.45) is 11.8 Å². The number of rotatable bonds is 0. The lowest BCUT2D eigenvalue weighted by Crippen LogP contribution is -2.16. The molecule has 8 heavy (non-hydrogen) atoms. The Morgan fingerprint density at radius 2 is 2.62 bits per heavy atom. The van der Waals surface area contributed by atoms with E-state index in [0.29, 0.717) is 11.8 Å².